The Balaban J connectivity index is 1.97. The van der Waals surface area contributed by atoms with Crippen molar-refractivity contribution in [3.05, 3.63) is 16.0 Å². The summed E-state index contributed by atoms with van der Waals surface area (Å²) in [5, 5.41) is 12.7. The van der Waals surface area contributed by atoms with Gasteiger partial charge in [0.15, 0.2) is 0 Å². The van der Waals surface area contributed by atoms with Crippen LogP contribution in [0.5, 0.6) is 0 Å². The summed E-state index contributed by atoms with van der Waals surface area (Å²) in [6.07, 6.45) is 1.29. The molecule has 2 aliphatic rings. The van der Waals surface area contributed by atoms with Crippen LogP contribution in [-0.4, -0.2) is 57.1 Å². The zero-order valence-electron chi connectivity index (χ0n) is 12.9. The first-order chi connectivity index (χ1) is 10.9. The Hall–Kier alpha value is -1.00. The number of fused-ring (bicyclic) bond motifs is 1. The molecule has 23 heavy (non-hydrogen) atoms. The highest BCUT2D eigenvalue weighted by atomic mass is 32.2. The summed E-state index contributed by atoms with van der Waals surface area (Å²) in [6, 6.07) is 0. The standard InChI is InChI=1S/C14H20N2O5S2/c1-21-8-9-3-5-16(7-9)23(19,20)14-12(13(17)18)10-2-4-15-6-11(10)22-14/h9,15H,2-8H2,1H3,(H,17,18)/t9-/m0/s1. The number of hydrogen-bond donors (Lipinski definition) is 2. The molecule has 7 nitrogen and oxygen atoms in total. The lowest BCUT2D eigenvalue weighted by Crippen LogP contribution is -2.30. The summed E-state index contributed by atoms with van der Waals surface area (Å²) in [5.41, 5.74) is 0.647. The van der Waals surface area contributed by atoms with Gasteiger partial charge >= 0.3 is 5.97 Å². The highest BCUT2D eigenvalue weighted by Crippen LogP contribution is 2.37. The molecule has 128 valence electrons. The molecule has 0 spiro atoms. The van der Waals surface area contributed by atoms with Gasteiger partial charge in [-0.2, -0.15) is 4.31 Å². The van der Waals surface area contributed by atoms with E-state index in [9.17, 15) is 18.3 Å². The molecule has 2 aliphatic heterocycles. The molecule has 0 amide bonds. The quantitative estimate of drug-likeness (QED) is 0.804. The van der Waals surface area contributed by atoms with Crippen molar-refractivity contribution in [1.29, 1.82) is 0 Å². The maximum Gasteiger partial charge on any atom is 0.338 e. The molecule has 1 aromatic rings. The van der Waals surface area contributed by atoms with E-state index in [-0.39, 0.29) is 15.7 Å². The van der Waals surface area contributed by atoms with Gasteiger partial charge in [-0.05, 0) is 30.9 Å². The van der Waals surface area contributed by atoms with Gasteiger partial charge in [0.25, 0.3) is 10.0 Å². The number of sulfonamides is 1. The summed E-state index contributed by atoms with van der Waals surface area (Å²) in [6.45, 7) is 2.51. The van der Waals surface area contributed by atoms with Crippen molar-refractivity contribution in [2.75, 3.05) is 33.4 Å². The van der Waals surface area contributed by atoms with Crippen molar-refractivity contribution in [1.82, 2.24) is 9.62 Å². The van der Waals surface area contributed by atoms with E-state index in [1.807, 2.05) is 0 Å². The molecule has 1 saturated heterocycles. The summed E-state index contributed by atoms with van der Waals surface area (Å²) in [4.78, 5) is 12.5. The molecule has 0 bridgehead atoms. The predicted octanol–water partition coefficient (Wildman–Crippen LogP) is 0.749. The fourth-order valence-electron chi connectivity index (χ4n) is 3.21. The van der Waals surface area contributed by atoms with Crippen LogP contribution in [0, 0.1) is 5.92 Å². The highest BCUT2D eigenvalue weighted by molar-refractivity contribution is 7.91. The van der Waals surface area contributed by atoms with Gasteiger partial charge in [0, 0.05) is 31.6 Å². The van der Waals surface area contributed by atoms with E-state index in [1.54, 1.807) is 7.11 Å². The van der Waals surface area contributed by atoms with Crippen molar-refractivity contribution in [3.63, 3.8) is 0 Å². The number of hydrogen-bond acceptors (Lipinski definition) is 6. The minimum atomic E-state index is -3.77. The third-order valence-corrected chi connectivity index (χ3v) is 7.93. The number of aromatic carboxylic acids is 1. The molecule has 0 aliphatic carbocycles. The van der Waals surface area contributed by atoms with Crippen molar-refractivity contribution < 1.29 is 23.1 Å². The first-order valence-corrected chi connectivity index (χ1v) is 9.78. The number of ether oxygens (including phenoxy) is 1. The van der Waals surface area contributed by atoms with Gasteiger partial charge in [0.1, 0.15) is 4.21 Å². The topological polar surface area (TPSA) is 95.9 Å². The smallest absolute Gasteiger partial charge is 0.338 e. The molecule has 0 unspecified atom stereocenters. The van der Waals surface area contributed by atoms with Gasteiger partial charge in [-0.25, -0.2) is 13.2 Å². The highest BCUT2D eigenvalue weighted by Gasteiger charge is 2.38. The minimum Gasteiger partial charge on any atom is -0.478 e. The Labute approximate surface area is 139 Å². The Kier molecular flexibility index (Phi) is 4.75. The van der Waals surface area contributed by atoms with Crippen molar-refractivity contribution in [2.24, 2.45) is 5.92 Å². The molecule has 3 heterocycles. The van der Waals surface area contributed by atoms with Crippen molar-refractivity contribution in [3.8, 4) is 0 Å². The van der Waals surface area contributed by atoms with Crippen LogP contribution in [-0.2, 0) is 27.7 Å². The number of carboxylic acids is 1. The number of methoxy groups -OCH3 is 1. The Morgan fingerprint density at radius 3 is 3.00 bits per heavy atom. The molecular formula is C14H20N2O5S2. The van der Waals surface area contributed by atoms with E-state index < -0.39 is 16.0 Å². The summed E-state index contributed by atoms with van der Waals surface area (Å²) < 4.78 is 32.4. The van der Waals surface area contributed by atoms with Crippen LogP contribution in [0.4, 0.5) is 0 Å². The van der Waals surface area contributed by atoms with Crippen molar-refractivity contribution >= 4 is 27.3 Å². The first kappa shape index (κ1) is 16.8. The molecule has 1 aromatic heterocycles. The van der Waals surface area contributed by atoms with Gasteiger partial charge < -0.3 is 15.2 Å². The largest absolute Gasteiger partial charge is 0.478 e. The summed E-state index contributed by atoms with van der Waals surface area (Å²) >= 11 is 1.09. The van der Waals surface area contributed by atoms with Crippen LogP contribution in [0.15, 0.2) is 4.21 Å². The Morgan fingerprint density at radius 1 is 1.52 bits per heavy atom. The predicted molar refractivity (Wildman–Crippen MR) is 85.4 cm³/mol. The van der Waals surface area contributed by atoms with Gasteiger partial charge in [0.2, 0.25) is 0 Å². The maximum atomic E-state index is 12.9. The Bertz CT molecular complexity index is 713. The molecule has 0 saturated carbocycles. The minimum absolute atomic E-state index is 0.0169. The molecule has 0 aromatic carbocycles. The second kappa shape index (κ2) is 6.48. The lowest BCUT2D eigenvalue weighted by atomic mass is 10.1. The zero-order valence-corrected chi connectivity index (χ0v) is 14.5. The van der Waals surface area contributed by atoms with E-state index in [4.69, 9.17) is 4.74 Å². The molecule has 3 rings (SSSR count). The van der Waals surface area contributed by atoms with E-state index in [1.165, 1.54) is 4.31 Å². The number of thiophene rings is 1. The lowest BCUT2D eigenvalue weighted by Gasteiger charge is -2.16. The average molecular weight is 360 g/mol. The van der Waals surface area contributed by atoms with E-state index in [2.05, 4.69) is 5.32 Å². The molecule has 1 fully saturated rings. The van der Waals surface area contributed by atoms with Crippen LogP contribution in [0.1, 0.15) is 27.2 Å². The Morgan fingerprint density at radius 2 is 2.30 bits per heavy atom. The SMILES string of the molecule is COC[C@H]1CCN(S(=O)(=O)c2sc3c(c2C(=O)O)CCNC3)C1. The van der Waals surface area contributed by atoms with Crippen LogP contribution in [0.25, 0.3) is 0 Å². The number of carboxylic acid groups (broad SMARTS) is 1. The first-order valence-electron chi connectivity index (χ1n) is 7.52. The van der Waals surface area contributed by atoms with Gasteiger partial charge in [-0.3, -0.25) is 0 Å². The van der Waals surface area contributed by atoms with E-state index in [0.29, 0.717) is 44.8 Å². The summed E-state index contributed by atoms with van der Waals surface area (Å²) in [5.74, 6) is -0.991. The second-order valence-corrected chi connectivity index (χ2v) is 9.11. The molecular weight excluding hydrogens is 340 g/mol. The summed E-state index contributed by atoms with van der Waals surface area (Å²) in [7, 11) is -2.17. The van der Waals surface area contributed by atoms with Gasteiger partial charge in [0.05, 0.1) is 12.2 Å². The molecule has 9 heteroatoms. The van der Waals surface area contributed by atoms with Crippen LogP contribution >= 0.6 is 11.3 Å². The third-order valence-electron chi connectivity index (χ3n) is 4.33. The second-order valence-electron chi connectivity index (χ2n) is 5.87. The normalized spacial score (nSPS) is 22.2. The number of nitrogens with zero attached hydrogens (tertiary/aromatic N) is 1. The monoisotopic (exact) mass is 360 g/mol. The van der Waals surface area contributed by atoms with Gasteiger partial charge in [-0.1, -0.05) is 0 Å². The zero-order chi connectivity index (χ0) is 16.6. The fourth-order valence-corrected chi connectivity index (χ4v) is 6.75. The van der Waals surface area contributed by atoms with E-state index >= 15 is 0 Å². The van der Waals surface area contributed by atoms with Crippen LogP contribution in [0.3, 0.4) is 0 Å². The average Bonchev–Trinajstić information content (AvgIpc) is 3.12. The van der Waals surface area contributed by atoms with Crippen molar-refractivity contribution in [2.45, 2.75) is 23.6 Å². The van der Waals surface area contributed by atoms with E-state index in [0.717, 1.165) is 22.6 Å². The molecule has 2 N–H and O–H groups in total. The van der Waals surface area contributed by atoms with Gasteiger partial charge in [-0.15, -0.1) is 11.3 Å². The molecule has 0 radical (unpaired) electrons. The van der Waals surface area contributed by atoms with Crippen LogP contribution in [0.2, 0.25) is 0 Å². The maximum absolute atomic E-state index is 12.9. The third kappa shape index (κ3) is 3.03. The number of rotatable bonds is 5. The number of carbonyl (C=O) groups is 1. The molecule has 1 atom stereocenters. The lowest BCUT2D eigenvalue weighted by molar-refractivity contribution is 0.0692. The van der Waals surface area contributed by atoms with Crippen LogP contribution < -0.4 is 5.32 Å². The number of nitrogens with one attached hydrogen (secondary N) is 1. The fraction of sp³-hybridized carbons (Fsp3) is 0.643.